The number of ether oxygens (including phenoxy) is 1. The lowest BCUT2D eigenvalue weighted by Crippen LogP contribution is -2.27. The van der Waals surface area contributed by atoms with Crippen molar-refractivity contribution in [2.24, 2.45) is 0 Å². The van der Waals surface area contributed by atoms with E-state index in [9.17, 15) is 9.59 Å². The van der Waals surface area contributed by atoms with Crippen LogP contribution in [0.2, 0.25) is 0 Å². The Bertz CT molecular complexity index is 988. The van der Waals surface area contributed by atoms with Crippen molar-refractivity contribution in [1.82, 2.24) is 4.98 Å². The number of aromatic amines is 1. The molecule has 3 rings (SSSR count). The van der Waals surface area contributed by atoms with Gasteiger partial charge >= 0.3 is 5.97 Å². The van der Waals surface area contributed by atoms with Gasteiger partial charge in [0.1, 0.15) is 0 Å². The Morgan fingerprint density at radius 2 is 1.77 bits per heavy atom. The summed E-state index contributed by atoms with van der Waals surface area (Å²) in [6.07, 6.45) is 0. The Morgan fingerprint density at radius 1 is 1.08 bits per heavy atom. The van der Waals surface area contributed by atoms with E-state index in [1.54, 1.807) is 13.8 Å². The van der Waals surface area contributed by atoms with Gasteiger partial charge in [-0.25, -0.2) is 4.79 Å². The molecule has 1 heterocycles. The summed E-state index contributed by atoms with van der Waals surface area (Å²) in [6, 6.07) is 13.6. The van der Waals surface area contributed by atoms with Gasteiger partial charge in [-0.15, -0.1) is 0 Å². The minimum atomic E-state index is -0.446. The largest absolute Gasteiger partial charge is 0.465 e. The van der Waals surface area contributed by atoms with Crippen LogP contribution in [0.5, 0.6) is 0 Å². The average Bonchev–Trinajstić information content (AvgIpc) is 2.94. The third-order valence-corrected chi connectivity index (χ3v) is 4.60. The molecule has 2 aromatic carbocycles. The van der Waals surface area contributed by atoms with Crippen molar-refractivity contribution in [3.05, 3.63) is 65.0 Å². The Morgan fingerprint density at radius 3 is 2.46 bits per heavy atom. The lowest BCUT2D eigenvalue weighted by molar-refractivity contribution is 0.0599. The van der Waals surface area contributed by atoms with E-state index in [1.165, 1.54) is 7.11 Å². The summed E-state index contributed by atoms with van der Waals surface area (Å²) in [7, 11) is 1.33. The van der Waals surface area contributed by atoms with Gasteiger partial charge in [0, 0.05) is 11.4 Å². The van der Waals surface area contributed by atoms with Crippen LogP contribution >= 0.6 is 0 Å². The summed E-state index contributed by atoms with van der Waals surface area (Å²) in [4.78, 5) is 27.8. The Labute approximate surface area is 152 Å². The second kappa shape index (κ2) is 7.04. The third-order valence-electron chi connectivity index (χ3n) is 4.60. The number of ketones is 1. The molecular weight excluding hydrogens is 328 g/mol. The lowest BCUT2D eigenvalue weighted by Gasteiger charge is -2.15. The van der Waals surface area contributed by atoms with Crippen LogP contribution in [0.4, 0.5) is 5.69 Å². The van der Waals surface area contributed by atoms with Gasteiger partial charge in [-0.3, -0.25) is 4.79 Å². The fourth-order valence-corrected chi connectivity index (χ4v) is 3.22. The van der Waals surface area contributed by atoms with E-state index in [0.29, 0.717) is 22.5 Å². The number of aromatic nitrogens is 1. The maximum absolute atomic E-state index is 12.9. The molecule has 0 bridgehead atoms. The molecule has 26 heavy (non-hydrogen) atoms. The number of fused-ring (bicyclic) bond motifs is 1. The highest BCUT2D eigenvalue weighted by molar-refractivity contribution is 6.05. The SMILES string of the molecule is COC(=O)c1c(C)[nH]c(C(=O)[C@@H](C)Nc2ccc3ccccc3c2)c1C. The minimum Gasteiger partial charge on any atom is -0.465 e. The number of carbonyl (C=O) groups excluding carboxylic acids is 2. The van der Waals surface area contributed by atoms with Crippen LogP contribution in [-0.2, 0) is 4.74 Å². The van der Waals surface area contributed by atoms with Crippen LogP contribution in [0.3, 0.4) is 0 Å². The molecule has 2 N–H and O–H groups in total. The van der Waals surface area contributed by atoms with E-state index in [-0.39, 0.29) is 5.78 Å². The van der Waals surface area contributed by atoms with Gasteiger partial charge < -0.3 is 15.0 Å². The maximum Gasteiger partial charge on any atom is 0.339 e. The molecule has 0 radical (unpaired) electrons. The predicted octanol–water partition coefficient (Wildman–Crippen LogP) is 4.25. The van der Waals surface area contributed by atoms with Gasteiger partial charge in [-0.05, 0) is 49.2 Å². The quantitative estimate of drug-likeness (QED) is 0.533. The molecule has 0 saturated carbocycles. The van der Waals surface area contributed by atoms with Crippen LogP contribution in [0.15, 0.2) is 42.5 Å². The molecule has 0 aliphatic carbocycles. The molecule has 0 saturated heterocycles. The fourth-order valence-electron chi connectivity index (χ4n) is 3.22. The van der Waals surface area contributed by atoms with Crippen molar-refractivity contribution in [1.29, 1.82) is 0 Å². The smallest absolute Gasteiger partial charge is 0.339 e. The summed E-state index contributed by atoms with van der Waals surface area (Å²) < 4.78 is 4.80. The zero-order valence-corrected chi connectivity index (χ0v) is 15.3. The molecule has 5 heteroatoms. The second-order valence-electron chi connectivity index (χ2n) is 6.41. The van der Waals surface area contributed by atoms with E-state index in [2.05, 4.69) is 10.3 Å². The third kappa shape index (κ3) is 3.20. The minimum absolute atomic E-state index is 0.103. The number of hydrogen-bond donors (Lipinski definition) is 2. The summed E-state index contributed by atoms with van der Waals surface area (Å²) in [5.74, 6) is -0.542. The molecule has 0 aliphatic rings. The average molecular weight is 350 g/mol. The number of carbonyl (C=O) groups is 2. The molecule has 0 spiro atoms. The first-order valence-corrected chi connectivity index (χ1v) is 8.49. The summed E-state index contributed by atoms with van der Waals surface area (Å²) in [6.45, 7) is 5.33. The topological polar surface area (TPSA) is 71.2 Å². The van der Waals surface area contributed by atoms with E-state index < -0.39 is 12.0 Å². The van der Waals surface area contributed by atoms with Gasteiger partial charge in [0.25, 0.3) is 0 Å². The van der Waals surface area contributed by atoms with E-state index in [1.807, 2.05) is 49.4 Å². The van der Waals surface area contributed by atoms with Crippen molar-refractivity contribution in [2.75, 3.05) is 12.4 Å². The van der Waals surface area contributed by atoms with Crippen molar-refractivity contribution in [2.45, 2.75) is 26.8 Å². The van der Waals surface area contributed by atoms with Crippen LogP contribution in [0.25, 0.3) is 10.8 Å². The van der Waals surface area contributed by atoms with Crippen LogP contribution in [0, 0.1) is 13.8 Å². The van der Waals surface area contributed by atoms with E-state index >= 15 is 0 Å². The van der Waals surface area contributed by atoms with Crippen molar-refractivity contribution >= 4 is 28.2 Å². The van der Waals surface area contributed by atoms with Gasteiger partial charge in [-0.1, -0.05) is 30.3 Å². The molecular formula is C21H22N2O3. The van der Waals surface area contributed by atoms with Crippen molar-refractivity contribution in [3.8, 4) is 0 Å². The number of nitrogens with one attached hydrogen (secondary N) is 2. The molecule has 0 amide bonds. The Kier molecular flexibility index (Phi) is 4.80. The molecule has 0 aliphatic heterocycles. The zero-order chi connectivity index (χ0) is 18.8. The Hall–Kier alpha value is -3.08. The normalized spacial score (nSPS) is 12.0. The van der Waals surface area contributed by atoms with Gasteiger partial charge in [0.05, 0.1) is 24.4 Å². The monoisotopic (exact) mass is 350 g/mol. The fraction of sp³-hybridized carbons (Fsp3) is 0.238. The molecule has 0 fully saturated rings. The van der Waals surface area contributed by atoms with Gasteiger partial charge in [-0.2, -0.15) is 0 Å². The molecule has 0 unspecified atom stereocenters. The van der Waals surface area contributed by atoms with Crippen LogP contribution in [-0.4, -0.2) is 29.9 Å². The van der Waals surface area contributed by atoms with E-state index in [4.69, 9.17) is 4.74 Å². The summed E-state index contributed by atoms with van der Waals surface area (Å²) >= 11 is 0. The number of esters is 1. The zero-order valence-electron chi connectivity index (χ0n) is 15.3. The molecule has 1 atom stereocenters. The standard InChI is InChI=1S/C21H22N2O3/c1-12-18(21(25)26-4)13(2)23-19(12)20(24)14(3)22-17-10-9-15-7-5-6-8-16(15)11-17/h5-11,14,22-23H,1-4H3/t14-/m1/s1. The lowest BCUT2D eigenvalue weighted by atomic mass is 10.0. The number of Topliss-reactive ketones (excluding diaryl/α,β-unsaturated/α-hetero) is 1. The predicted molar refractivity (Wildman–Crippen MR) is 103 cm³/mol. The van der Waals surface area contributed by atoms with Gasteiger partial charge in [0.2, 0.25) is 5.78 Å². The second-order valence-corrected chi connectivity index (χ2v) is 6.41. The highest BCUT2D eigenvalue weighted by atomic mass is 16.5. The number of benzene rings is 2. The van der Waals surface area contributed by atoms with Crippen LogP contribution < -0.4 is 5.32 Å². The number of methoxy groups -OCH3 is 1. The van der Waals surface area contributed by atoms with Crippen molar-refractivity contribution < 1.29 is 14.3 Å². The van der Waals surface area contributed by atoms with Gasteiger partial charge in [0.15, 0.2) is 0 Å². The first-order chi connectivity index (χ1) is 12.4. The van der Waals surface area contributed by atoms with Crippen LogP contribution in [0.1, 0.15) is 39.0 Å². The summed E-state index contributed by atoms with van der Waals surface area (Å²) in [5.41, 5.74) is 2.98. The first-order valence-electron chi connectivity index (χ1n) is 8.49. The number of hydrogen-bond acceptors (Lipinski definition) is 4. The van der Waals surface area contributed by atoms with E-state index in [0.717, 1.165) is 16.5 Å². The highest BCUT2D eigenvalue weighted by Crippen LogP contribution is 2.23. The number of aryl methyl sites for hydroxylation is 1. The van der Waals surface area contributed by atoms with Crippen molar-refractivity contribution in [3.63, 3.8) is 0 Å². The first kappa shape index (κ1) is 17.7. The number of anilines is 1. The maximum atomic E-state index is 12.9. The molecule has 5 nitrogen and oxygen atoms in total. The summed E-state index contributed by atoms with van der Waals surface area (Å²) in [5, 5.41) is 5.50. The highest BCUT2D eigenvalue weighted by Gasteiger charge is 2.25. The number of rotatable bonds is 5. The number of H-pyrrole nitrogens is 1. The Balaban J connectivity index is 1.84. The molecule has 3 aromatic rings. The molecule has 134 valence electrons. The molecule has 1 aromatic heterocycles.